The van der Waals surface area contributed by atoms with Gasteiger partial charge < -0.3 is 15.0 Å². The molecule has 0 aliphatic carbocycles. The highest BCUT2D eigenvalue weighted by Crippen LogP contribution is 2.20. The number of aromatic nitrogens is 1. The van der Waals surface area contributed by atoms with Crippen molar-refractivity contribution in [2.45, 2.75) is 18.9 Å². The van der Waals surface area contributed by atoms with Gasteiger partial charge in [-0.05, 0) is 37.1 Å². The zero-order valence-electron chi connectivity index (χ0n) is 12.3. The predicted molar refractivity (Wildman–Crippen MR) is 84.9 cm³/mol. The fourth-order valence-corrected chi connectivity index (χ4v) is 2.62. The molecule has 0 saturated carbocycles. The molecule has 0 spiro atoms. The highest BCUT2D eigenvalue weighted by atomic mass is 16.5. The van der Waals surface area contributed by atoms with Crippen molar-refractivity contribution in [1.29, 1.82) is 0 Å². The third-order valence-corrected chi connectivity index (χ3v) is 3.76. The third-order valence-electron chi connectivity index (χ3n) is 3.76. The summed E-state index contributed by atoms with van der Waals surface area (Å²) in [5, 5.41) is 2.90. The second-order valence-corrected chi connectivity index (χ2v) is 5.28. The van der Waals surface area contributed by atoms with Gasteiger partial charge in [0, 0.05) is 24.6 Å². The van der Waals surface area contributed by atoms with Gasteiger partial charge in [0.25, 0.3) is 0 Å². The largest absolute Gasteiger partial charge is 0.491 e. The van der Waals surface area contributed by atoms with E-state index in [1.54, 1.807) is 24.5 Å². The number of amides is 2. The van der Waals surface area contributed by atoms with Gasteiger partial charge in [-0.2, -0.15) is 0 Å². The molecule has 0 unspecified atom stereocenters. The molecule has 2 amide bonds. The van der Waals surface area contributed by atoms with Gasteiger partial charge in [0.05, 0.1) is 6.04 Å². The number of nitrogens with zero attached hydrogens (tertiary/aromatic N) is 2. The number of carbonyl (C=O) groups excluding carboxylic acids is 1. The molecule has 1 atom stereocenters. The maximum atomic E-state index is 12.4. The lowest BCUT2D eigenvalue weighted by Gasteiger charge is -2.25. The highest BCUT2D eigenvalue weighted by Gasteiger charge is 2.29. The molecule has 0 bridgehead atoms. The maximum absolute atomic E-state index is 12.4. The molecule has 5 nitrogen and oxygen atoms in total. The Morgan fingerprint density at radius 3 is 2.77 bits per heavy atom. The van der Waals surface area contributed by atoms with Crippen LogP contribution in [0.4, 0.5) is 10.5 Å². The molecule has 1 aromatic heterocycles. The number of nitrogens with one attached hydrogen (secondary N) is 1. The number of anilines is 1. The molecule has 1 N–H and O–H groups in total. The first kappa shape index (κ1) is 14.4. The molecule has 22 heavy (non-hydrogen) atoms. The summed E-state index contributed by atoms with van der Waals surface area (Å²) < 4.78 is 5.79. The van der Waals surface area contributed by atoms with Crippen LogP contribution < -0.4 is 10.1 Å². The summed E-state index contributed by atoms with van der Waals surface area (Å²) >= 11 is 0. The lowest BCUT2D eigenvalue weighted by molar-refractivity contribution is 0.176. The van der Waals surface area contributed by atoms with E-state index in [4.69, 9.17) is 4.74 Å². The highest BCUT2D eigenvalue weighted by molar-refractivity contribution is 5.89. The predicted octanol–water partition coefficient (Wildman–Crippen LogP) is 3.16. The number of urea groups is 1. The van der Waals surface area contributed by atoms with Crippen molar-refractivity contribution in [2.24, 2.45) is 0 Å². The van der Waals surface area contributed by atoms with Crippen LogP contribution in [0, 0.1) is 0 Å². The SMILES string of the molecule is O=C(Nc1ccncc1)N1CCC[C@H]1COc1ccccc1. The van der Waals surface area contributed by atoms with Crippen molar-refractivity contribution in [2.75, 3.05) is 18.5 Å². The fourth-order valence-electron chi connectivity index (χ4n) is 2.62. The van der Waals surface area contributed by atoms with Crippen LogP contribution in [0.3, 0.4) is 0 Å². The second kappa shape index (κ2) is 6.93. The molecule has 5 heteroatoms. The lowest BCUT2D eigenvalue weighted by Crippen LogP contribution is -2.41. The number of pyridine rings is 1. The van der Waals surface area contributed by atoms with Gasteiger partial charge in [-0.1, -0.05) is 18.2 Å². The summed E-state index contributed by atoms with van der Waals surface area (Å²) in [6.45, 7) is 1.29. The Balaban J connectivity index is 1.57. The van der Waals surface area contributed by atoms with E-state index < -0.39 is 0 Å². The van der Waals surface area contributed by atoms with Gasteiger partial charge in [-0.3, -0.25) is 4.98 Å². The van der Waals surface area contributed by atoms with E-state index in [9.17, 15) is 4.79 Å². The monoisotopic (exact) mass is 297 g/mol. The quantitative estimate of drug-likeness (QED) is 0.943. The van der Waals surface area contributed by atoms with Crippen molar-refractivity contribution in [3.63, 3.8) is 0 Å². The minimum Gasteiger partial charge on any atom is -0.491 e. The molecule has 1 fully saturated rings. The van der Waals surface area contributed by atoms with E-state index in [1.165, 1.54) is 0 Å². The third kappa shape index (κ3) is 3.55. The van der Waals surface area contributed by atoms with Crippen LogP contribution in [0.25, 0.3) is 0 Å². The molecular weight excluding hydrogens is 278 g/mol. The summed E-state index contributed by atoms with van der Waals surface area (Å²) in [6.07, 6.45) is 5.30. The first-order valence-corrected chi connectivity index (χ1v) is 7.48. The van der Waals surface area contributed by atoms with Crippen LogP contribution in [0.2, 0.25) is 0 Å². The first-order chi connectivity index (χ1) is 10.8. The van der Waals surface area contributed by atoms with Crippen LogP contribution in [0.5, 0.6) is 5.75 Å². The zero-order chi connectivity index (χ0) is 15.2. The van der Waals surface area contributed by atoms with Gasteiger partial charge in [-0.15, -0.1) is 0 Å². The molecule has 2 aromatic rings. The molecule has 0 radical (unpaired) electrons. The van der Waals surface area contributed by atoms with Gasteiger partial charge in [0.15, 0.2) is 0 Å². The summed E-state index contributed by atoms with van der Waals surface area (Å²) in [5.74, 6) is 0.837. The van der Waals surface area contributed by atoms with Gasteiger partial charge in [0.2, 0.25) is 0 Å². The molecule has 3 rings (SSSR count). The van der Waals surface area contributed by atoms with Crippen molar-refractivity contribution >= 4 is 11.7 Å². The topological polar surface area (TPSA) is 54.5 Å². The summed E-state index contributed by atoms with van der Waals surface area (Å²) in [7, 11) is 0. The molecule has 114 valence electrons. The number of benzene rings is 1. The minimum absolute atomic E-state index is 0.0784. The fraction of sp³-hybridized carbons (Fsp3) is 0.294. The zero-order valence-corrected chi connectivity index (χ0v) is 12.3. The summed E-state index contributed by atoms with van der Waals surface area (Å²) in [6, 6.07) is 13.3. The van der Waals surface area contributed by atoms with Gasteiger partial charge in [-0.25, -0.2) is 4.79 Å². The number of hydrogen-bond acceptors (Lipinski definition) is 3. The molecule has 1 aromatic carbocycles. The molecule has 1 aliphatic heterocycles. The average Bonchev–Trinajstić information content (AvgIpc) is 3.03. The van der Waals surface area contributed by atoms with E-state index in [2.05, 4.69) is 10.3 Å². The normalized spacial score (nSPS) is 17.3. The van der Waals surface area contributed by atoms with Gasteiger partial charge in [0.1, 0.15) is 12.4 Å². The van der Waals surface area contributed by atoms with Crippen LogP contribution >= 0.6 is 0 Å². The van der Waals surface area contributed by atoms with E-state index >= 15 is 0 Å². The average molecular weight is 297 g/mol. The number of carbonyl (C=O) groups is 1. The van der Waals surface area contributed by atoms with E-state index in [1.807, 2.05) is 35.2 Å². The first-order valence-electron chi connectivity index (χ1n) is 7.48. The Labute approximate surface area is 129 Å². The number of hydrogen-bond donors (Lipinski definition) is 1. The standard InChI is InChI=1S/C17H19N3O2/c21-17(19-14-8-10-18-11-9-14)20-12-4-5-15(20)13-22-16-6-2-1-3-7-16/h1-3,6-11,15H,4-5,12-13H2,(H,18,19,21)/t15-/m0/s1. The number of ether oxygens (including phenoxy) is 1. The van der Waals surface area contributed by atoms with Crippen molar-refractivity contribution < 1.29 is 9.53 Å². The lowest BCUT2D eigenvalue weighted by atomic mass is 10.2. The van der Waals surface area contributed by atoms with E-state index in [0.29, 0.717) is 6.61 Å². The molecule has 1 aliphatic rings. The molecule has 2 heterocycles. The second-order valence-electron chi connectivity index (χ2n) is 5.28. The number of likely N-dealkylation sites (tertiary alicyclic amines) is 1. The Morgan fingerprint density at radius 2 is 2.00 bits per heavy atom. The summed E-state index contributed by atoms with van der Waals surface area (Å²) in [4.78, 5) is 18.2. The number of rotatable bonds is 4. The smallest absolute Gasteiger partial charge is 0.322 e. The Kier molecular flexibility index (Phi) is 4.53. The van der Waals surface area contributed by atoms with Crippen molar-refractivity contribution in [3.8, 4) is 5.75 Å². The van der Waals surface area contributed by atoms with E-state index in [0.717, 1.165) is 30.8 Å². The van der Waals surface area contributed by atoms with Gasteiger partial charge >= 0.3 is 6.03 Å². The summed E-state index contributed by atoms with van der Waals surface area (Å²) in [5.41, 5.74) is 0.759. The van der Waals surface area contributed by atoms with Crippen LogP contribution in [-0.2, 0) is 0 Å². The van der Waals surface area contributed by atoms with Crippen LogP contribution in [0.15, 0.2) is 54.9 Å². The molecule has 1 saturated heterocycles. The van der Waals surface area contributed by atoms with Crippen LogP contribution in [-0.4, -0.2) is 35.1 Å². The van der Waals surface area contributed by atoms with Crippen LogP contribution in [0.1, 0.15) is 12.8 Å². The van der Waals surface area contributed by atoms with Crippen molar-refractivity contribution in [1.82, 2.24) is 9.88 Å². The maximum Gasteiger partial charge on any atom is 0.322 e. The Bertz CT molecular complexity index is 604. The Hall–Kier alpha value is -2.56. The van der Waals surface area contributed by atoms with E-state index in [-0.39, 0.29) is 12.1 Å². The Morgan fingerprint density at radius 1 is 1.23 bits per heavy atom. The van der Waals surface area contributed by atoms with Crippen molar-refractivity contribution in [3.05, 3.63) is 54.9 Å². The number of para-hydroxylation sites is 1. The molecular formula is C17H19N3O2. The minimum atomic E-state index is -0.0784.